The topological polar surface area (TPSA) is 23.8 Å². The third-order valence-electron chi connectivity index (χ3n) is 6.47. The van der Waals surface area contributed by atoms with Gasteiger partial charge < -0.3 is 0 Å². The lowest BCUT2D eigenvalue weighted by Gasteiger charge is -2.36. The Bertz CT molecular complexity index is 446. The molecule has 3 rings (SSSR count). The maximum Gasteiger partial charge on any atom is 0.133 e. The van der Waals surface area contributed by atoms with E-state index in [1.807, 2.05) is 0 Å². The standard InChI is InChI=1S/C21H31NS/c22-16-23-21-14-12-20(13-15-21)19-10-8-18(9-11-19)7-6-17-4-2-1-3-5-17/h17-21H,1-5,8-15H2. The second-order valence-electron chi connectivity index (χ2n) is 7.98. The molecule has 3 aliphatic rings. The van der Waals surface area contributed by atoms with Crippen molar-refractivity contribution in [2.24, 2.45) is 23.7 Å². The van der Waals surface area contributed by atoms with Crippen LogP contribution in [0.1, 0.15) is 83.5 Å². The van der Waals surface area contributed by atoms with E-state index in [9.17, 15) is 0 Å². The van der Waals surface area contributed by atoms with Crippen molar-refractivity contribution < 1.29 is 0 Å². The van der Waals surface area contributed by atoms with Crippen molar-refractivity contribution in [1.29, 1.82) is 5.26 Å². The zero-order valence-electron chi connectivity index (χ0n) is 14.4. The summed E-state index contributed by atoms with van der Waals surface area (Å²) < 4.78 is 0. The SMILES string of the molecule is N#CSC1CCC(C2CCC(C#CC3CCCCC3)CC2)CC1. The lowest BCUT2D eigenvalue weighted by Crippen LogP contribution is -2.26. The van der Waals surface area contributed by atoms with Gasteiger partial charge in [0.15, 0.2) is 0 Å². The zero-order chi connectivity index (χ0) is 15.9. The molecule has 0 spiro atoms. The second kappa shape index (κ2) is 9.03. The summed E-state index contributed by atoms with van der Waals surface area (Å²) in [7, 11) is 0. The molecule has 126 valence electrons. The van der Waals surface area contributed by atoms with Gasteiger partial charge in [-0.15, -0.1) is 0 Å². The smallest absolute Gasteiger partial charge is 0.133 e. The number of nitriles is 1. The number of hydrogen-bond acceptors (Lipinski definition) is 2. The second-order valence-corrected chi connectivity index (χ2v) is 9.07. The first-order valence-electron chi connectivity index (χ1n) is 9.91. The van der Waals surface area contributed by atoms with Gasteiger partial charge in [0.25, 0.3) is 0 Å². The first kappa shape index (κ1) is 17.2. The van der Waals surface area contributed by atoms with E-state index in [0.717, 1.165) is 17.8 Å². The van der Waals surface area contributed by atoms with Crippen LogP contribution in [0.3, 0.4) is 0 Å². The minimum atomic E-state index is 0.619. The van der Waals surface area contributed by atoms with Crippen molar-refractivity contribution in [2.45, 2.75) is 88.7 Å². The molecule has 0 aromatic rings. The molecule has 0 saturated heterocycles. The van der Waals surface area contributed by atoms with Crippen LogP contribution in [0.15, 0.2) is 0 Å². The largest absolute Gasteiger partial charge is 0.185 e. The van der Waals surface area contributed by atoms with Gasteiger partial charge in [-0.3, -0.25) is 0 Å². The third-order valence-corrected chi connectivity index (χ3v) is 7.38. The van der Waals surface area contributed by atoms with Crippen molar-refractivity contribution in [3.63, 3.8) is 0 Å². The summed E-state index contributed by atoms with van der Waals surface area (Å²) in [5.74, 6) is 10.6. The molecule has 1 nitrogen and oxygen atoms in total. The van der Waals surface area contributed by atoms with E-state index in [2.05, 4.69) is 17.2 Å². The Morgan fingerprint density at radius 1 is 0.609 bits per heavy atom. The Labute approximate surface area is 147 Å². The minimum absolute atomic E-state index is 0.619. The van der Waals surface area contributed by atoms with Crippen LogP contribution in [-0.4, -0.2) is 5.25 Å². The number of nitrogens with zero attached hydrogens (tertiary/aromatic N) is 1. The number of thioether (sulfide) groups is 1. The van der Waals surface area contributed by atoms with Gasteiger partial charge in [-0.1, -0.05) is 31.1 Å². The van der Waals surface area contributed by atoms with Gasteiger partial charge in [-0.05, 0) is 87.8 Å². The van der Waals surface area contributed by atoms with Gasteiger partial charge in [0.2, 0.25) is 0 Å². The fourth-order valence-corrected chi connectivity index (χ4v) is 5.63. The summed E-state index contributed by atoms with van der Waals surface area (Å²) in [6.45, 7) is 0. The molecule has 0 bridgehead atoms. The average Bonchev–Trinajstić information content (AvgIpc) is 2.62. The molecule has 0 aromatic heterocycles. The Hall–Kier alpha value is -0.600. The molecule has 0 atom stereocenters. The van der Waals surface area contributed by atoms with Crippen LogP contribution in [0.5, 0.6) is 0 Å². The highest BCUT2D eigenvalue weighted by molar-refractivity contribution is 8.04. The average molecular weight is 330 g/mol. The summed E-state index contributed by atoms with van der Waals surface area (Å²) in [5, 5.41) is 11.7. The van der Waals surface area contributed by atoms with Gasteiger partial charge in [0.1, 0.15) is 5.40 Å². The maximum atomic E-state index is 8.81. The summed E-state index contributed by atoms with van der Waals surface area (Å²) in [4.78, 5) is 0. The minimum Gasteiger partial charge on any atom is -0.185 e. The number of rotatable bonds is 2. The Morgan fingerprint density at radius 3 is 1.70 bits per heavy atom. The number of hydrogen-bond donors (Lipinski definition) is 0. The summed E-state index contributed by atoms with van der Waals surface area (Å²) >= 11 is 1.51. The van der Waals surface area contributed by atoms with Crippen molar-refractivity contribution in [3.8, 4) is 17.2 Å². The summed E-state index contributed by atoms with van der Waals surface area (Å²) in [6, 6.07) is 0. The molecule has 0 aromatic carbocycles. The van der Waals surface area contributed by atoms with Gasteiger partial charge in [0.05, 0.1) is 0 Å². The van der Waals surface area contributed by atoms with Crippen molar-refractivity contribution >= 4 is 11.8 Å². The molecule has 23 heavy (non-hydrogen) atoms. The third kappa shape index (κ3) is 5.19. The monoisotopic (exact) mass is 329 g/mol. The van der Waals surface area contributed by atoms with E-state index in [-0.39, 0.29) is 0 Å². The lowest BCUT2D eigenvalue weighted by atomic mass is 9.71. The highest BCUT2D eigenvalue weighted by Crippen LogP contribution is 2.41. The fourth-order valence-electron chi connectivity index (χ4n) is 4.97. The highest BCUT2D eigenvalue weighted by atomic mass is 32.2. The molecule has 3 saturated carbocycles. The quantitative estimate of drug-likeness (QED) is 0.448. The fraction of sp³-hybridized carbons (Fsp3) is 0.857. The van der Waals surface area contributed by atoms with E-state index >= 15 is 0 Å². The predicted molar refractivity (Wildman–Crippen MR) is 98.7 cm³/mol. The Morgan fingerprint density at radius 2 is 1.13 bits per heavy atom. The first-order chi connectivity index (χ1) is 11.3. The highest BCUT2D eigenvalue weighted by Gasteiger charge is 2.30. The molecule has 0 radical (unpaired) electrons. The van der Waals surface area contributed by atoms with Crippen LogP contribution in [0.2, 0.25) is 0 Å². The van der Waals surface area contributed by atoms with E-state index < -0.39 is 0 Å². The predicted octanol–water partition coefficient (Wildman–Crippen LogP) is 6.15. The van der Waals surface area contributed by atoms with Crippen LogP contribution < -0.4 is 0 Å². The van der Waals surface area contributed by atoms with Gasteiger partial charge >= 0.3 is 0 Å². The van der Waals surface area contributed by atoms with Gasteiger partial charge in [-0.2, -0.15) is 5.26 Å². The molecule has 0 unspecified atom stereocenters. The van der Waals surface area contributed by atoms with E-state index in [0.29, 0.717) is 11.2 Å². The van der Waals surface area contributed by atoms with Crippen LogP contribution in [0, 0.1) is 46.2 Å². The molecular formula is C21H31NS. The van der Waals surface area contributed by atoms with E-state index in [1.165, 1.54) is 95.2 Å². The van der Waals surface area contributed by atoms with Crippen LogP contribution in [0.4, 0.5) is 0 Å². The van der Waals surface area contributed by atoms with Gasteiger partial charge in [-0.25, -0.2) is 0 Å². The normalized spacial score (nSPS) is 35.8. The van der Waals surface area contributed by atoms with Crippen LogP contribution in [-0.2, 0) is 0 Å². The maximum absolute atomic E-state index is 8.81. The Balaban J connectivity index is 1.39. The molecule has 2 heteroatoms. The van der Waals surface area contributed by atoms with Crippen LogP contribution >= 0.6 is 11.8 Å². The first-order valence-corrected chi connectivity index (χ1v) is 10.8. The summed E-state index contributed by atoms with van der Waals surface area (Å²) in [5.41, 5.74) is 0. The lowest BCUT2D eigenvalue weighted by molar-refractivity contribution is 0.184. The summed E-state index contributed by atoms with van der Waals surface area (Å²) in [6.07, 6.45) is 17.7. The zero-order valence-corrected chi connectivity index (χ0v) is 15.3. The van der Waals surface area contributed by atoms with E-state index in [1.54, 1.807) is 0 Å². The van der Waals surface area contributed by atoms with Gasteiger partial charge in [0, 0.05) is 17.1 Å². The molecule has 0 amide bonds. The molecule has 0 N–H and O–H groups in total. The number of thiocyanates is 1. The van der Waals surface area contributed by atoms with Crippen molar-refractivity contribution in [1.82, 2.24) is 0 Å². The molecule has 0 aliphatic heterocycles. The van der Waals surface area contributed by atoms with Crippen LogP contribution in [0.25, 0.3) is 0 Å². The van der Waals surface area contributed by atoms with Crippen molar-refractivity contribution in [3.05, 3.63) is 0 Å². The molecule has 0 heterocycles. The molecule has 3 fully saturated rings. The Kier molecular flexibility index (Phi) is 6.77. The van der Waals surface area contributed by atoms with Crippen molar-refractivity contribution in [2.75, 3.05) is 0 Å². The molecule has 3 aliphatic carbocycles. The molecular weight excluding hydrogens is 298 g/mol. The van der Waals surface area contributed by atoms with E-state index in [4.69, 9.17) is 5.26 Å².